The van der Waals surface area contributed by atoms with Crippen LogP contribution in [-0.2, 0) is 0 Å². The number of aliphatic hydroxyl groups excluding tert-OH is 1. The molecule has 1 atom stereocenters. The van der Waals surface area contributed by atoms with E-state index >= 15 is 0 Å². The van der Waals surface area contributed by atoms with Gasteiger partial charge in [0.1, 0.15) is 5.75 Å². The van der Waals surface area contributed by atoms with E-state index in [4.69, 9.17) is 4.74 Å². The van der Waals surface area contributed by atoms with Gasteiger partial charge in [-0.05, 0) is 65.7 Å². The number of para-hydroxylation sites is 4. The Labute approximate surface area is 212 Å². The summed E-state index contributed by atoms with van der Waals surface area (Å²) in [6.07, 6.45) is -1.12. The van der Waals surface area contributed by atoms with Crippen LogP contribution in [0.1, 0.15) is 12.1 Å². The number of fused-ring (bicyclic) bond motifs is 8. The van der Waals surface area contributed by atoms with Crippen molar-refractivity contribution < 1.29 is 9.84 Å². The van der Waals surface area contributed by atoms with Crippen molar-refractivity contribution >= 4 is 32.8 Å². The van der Waals surface area contributed by atoms with Crippen LogP contribution in [0.2, 0.25) is 0 Å². The molecule has 0 aliphatic carbocycles. The third-order valence-electron chi connectivity index (χ3n) is 7.27. The highest BCUT2D eigenvalue weighted by Crippen LogP contribution is 2.41. The van der Waals surface area contributed by atoms with Crippen molar-refractivity contribution in [2.75, 3.05) is 0 Å². The first-order valence-electron chi connectivity index (χ1n) is 12.3. The maximum atomic E-state index is 10.7. The summed E-state index contributed by atoms with van der Waals surface area (Å²) in [6, 6.07) is 39.6. The molecule has 2 aromatic heterocycles. The summed E-state index contributed by atoms with van der Waals surface area (Å²) in [4.78, 5) is 4.59. The van der Waals surface area contributed by atoms with Crippen molar-refractivity contribution in [3.63, 3.8) is 0 Å². The fourth-order valence-electron chi connectivity index (χ4n) is 5.62. The molecule has 0 spiro atoms. The minimum Gasteiger partial charge on any atom is -0.455 e. The average molecular weight is 480 g/mol. The number of aromatic nitrogens is 3. The van der Waals surface area contributed by atoms with Crippen molar-refractivity contribution in [1.82, 2.24) is 14.1 Å². The number of aliphatic hydroxyl groups is 1. The lowest BCUT2D eigenvalue weighted by Gasteiger charge is -2.24. The number of hydrogen-bond acceptors (Lipinski definition) is 3. The molecule has 37 heavy (non-hydrogen) atoms. The number of ether oxygens (including phenoxy) is 1. The lowest BCUT2D eigenvalue weighted by Crippen LogP contribution is -2.19. The molecule has 7 aromatic rings. The van der Waals surface area contributed by atoms with Gasteiger partial charge in [0.2, 0.25) is 0 Å². The van der Waals surface area contributed by atoms with E-state index < -0.39 is 6.29 Å². The SMILES string of the molecule is OC1Oc2cc(-c3ccc4c(c3)c3ccccc3n4-c3ccccc3)ccc2-n2c1nc1ccccc12. The average Bonchev–Trinajstić information content (AvgIpc) is 3.50. The van der Waals surface area contributed by atoms with Crippen molar-refractivity contribution in [2.45, 2.75) is 6.29 Å². The van der Waals surface area contributed by atoms with Gasteiger partial charge in [-0.3, -0.25) is 4.57 Å². The molecule has 0 amide bonds. The number of rotatable bonds is 2. The predicted octanol–water partition coefficient (Wildman–Crippen LogP) is 7.17. The van der Waals surface area contributed by atoms with Crippen LogP contribution in [0, 0.1) is 0 Å². The fourth-order valence-corrected chi connectivity index (χ4v) is 5.62. The molecule has 3 heterocycles. The Morgan fingerprint density at radius 2 is 1.32 bits per heavy atom. The smallest absolute Gasteiger partial charge is 0.257 e. The second-order valence-electron chi connectivity index (χ2n) is 9.37. The molecule has 1 aliphatic rings. The fraction of sp³-hybridized carbons (Fsp3) is 0.0312. The molecule has 0 fully saturated rings. The molecule has 8 rings (SSSR count). The molecular weight excluding hydrogens is 458 g/mol. The zero-order valence-corrected chi connectivity index (χ0v) is 19.7. The van der Waals surface area contributed by atoms with Gasteiger partial charge in [0.25, 0.3) is 6.29 Å². The third-order valence-corrected chi connectivity index (χ3v) is 7.27. The molecule has 176 valence electrons. The van der Waals surface area contributed by atoms with E-state index in [1.807, 2.05) is 47.0 Å². The van der Waals surface area contributed by atoms with E-state index in [2.05, 4.69) is 82.3 Å². The quantitative estimate of drug-likeness (QED) is 0.286. The molecule has 1 aliphatic heterocycles. The summed E-state index contributed by atoms with van der Waals surface area (Å²) in [6.45, 7) is 0. The number of imidazole rings is 1. The van der Waals surface area contributed by atoms with Gasteiger partial charge >= 0.3 is 0 Å². The number of hydrogen-bond donors (Lipinski definition) is 1. The van der Waals surface area contributed by atoms with Gasteiger partial charge in [-0.25, -0.2) is 4.98 Å². The third kappa shape index (κ3) is 2.92. The summed E-state index contributed by atoms with van der Waals surface area (Å²) < 4.78 is 10.2. The predicted molar refractivity (Wildman–Crippen MR) is 146 cm³/mol. The monoisotopic (exact) mass is 479 g/mol. The Morgan fingerprint density at radius 1 is 0.622 bits per heavy atom. The molecule has 0 saturated heterocycles. The second kappa shape index (κ2) is 7.56. The van der Waals surface area contributed by atoms with Gasteiger partial charge in [-0.1, -0.05) is 60.7 Å². The molecule has 1 N–H and O–H groups in total. The van der Waals surface area contributed by atoms with E-state index in [0.29, 0.717) is 11.6 Å². The van der Waals surface area contributed by atoms with E-state index in [9.17, 15) is 5.11 Å². The van der Waals surface area contributed by atoms with Gasteiger partial charge in [-0.2, -0.15) is 0 Å². The molecule has 5 nitrogen and oxygen atoms in total. The zero-order chi connectivity index (χ0) is 24.5. The summed E-state index contributed by atoms with van der Waals surface area (Å²) in [5.41, 5.74) is 8.25. The van der Waals surface area contributed by atoms with Crippen LogP contribution < -0.4 is 4.74 Å². The molecule has 0 bridgehead atoms. The molecule has 0 radical (unpaired) electrons. The van der Waals surface area contributed by atoms with E-state index in [-0.39, 0.29) is 0 Å². The topological polar surface area (TPSA) is 52.2 Å². The van der Waals surface area contributed by atoms with Crippen LogP contribution in [0.5, 0.6) is 5.75 Å². The lowest BCUT2D eigenvalue weighted by molar-refractivity contribution is -0.0327. The van der Waals surface area contributed by atoms with Gasteiger partial charge in [0.15, 0.2) is 5.82 Å². The van der Waals surface area contributed by atoms with Crippen molar-refractivity contribution in [1.29, 1.82) is 0 Å². The molecule has 5 aromatic carbocycles. The maximum absolute atomic E-state index is 10.7. The van der Waals surface area contributed by atoms with Gasteiger partial charge in [0.05, 0.1) is 27.8 Å². The molecule has 1 unspecified atom stereocenters. The van der Waals surface area contributed by atoms with Crippen molar-refractivity contribution in [3.8, 4) is 28.3 Å². The maximum Gasteiger partial charge on any atom is 0.257 e. The van der Waals surface area contributed by atoms with E-state index in [1.54, 1.807) is 0 Å². The first-order chi connectivity index (χ1) is 18.3. The zero-order valence-electron chi connectivity index (χ0n) is 19.7. The minimum atomic E-state index is -1.12. The Balaban J connectivity index is 1.31. The van der Waals surface area contributed by atoms with Crippen LogP contribution in [0.15, 0.2) is 115 Å². The summed E-state index contributed by atoms with van der Waals surface area (Å²) in [7, 11) is 0. The summed E-state index contributed by atoms with van der Waals surface area (Å²) in [5, 5.41) is 13.1. The molecule has 5 heteroatoms. The highest BCUT2D eigenvalue weighted by atomic mass is 16.6. The first kappa shape index (κ1) is 20.3. The summed E-state index contributed by atoms with van der Waals surface area (Å²) in [5.74, 6) is 1.13. The molecule has 0 saturated carbocycles. The van der Waals surface area contributed by atoms with Gasteiger partial charge in [0, 0.05) is 16.5 Å². The van der Waals surface area contributed by atoms with Crippen LogP contribution in [0.3, 0.4) is 0 Å². The van der Waals surface area contributed by atoms with Crippen LogP contribution in [0.4, 0.5) is 0 Å². The Morgan fingerprint density at radius 3 is 2.22 bits per heavy atom. The number of benzene rings is 5. The molecular formula is C32H21N3O2. The van der Waals surface area contributed by atoms with Crippen LogP contribution in [-0.4, -0.2) is 19.2 Å². The van der Waals surface area contributed by atoms with Gasteiger partial charge < -0.3 is 14.4 Å². The lowest BCUT2D eigenvalue weighted by atomic mass is 10.0. The Kier molecular flexibility index (Phi) is 4.16. The normalized spacial score (nSPS) is 14.6. The van der Waals surface area contributed by atoms with Crippen molar-refractivity contribution in [2.24, 2.45) is 0 Å². The highest BCUT2D eigenvalue weighted by Gasteiger charge is 2.28. The Hall–Kier alpha value is -4.87. The van der Waals surface area contributed by atoms with E-state index in [1.165, 1.54) is 16.3 Å². The minimum absolute atomic E-state index is 0.497. The van der Waals surface area contributed by atoms with Gasteiger partial charge in [-0.15, -0.1) is 0 Å². The van der Waals surface area contributed by atoms with Crippen LogP contribution in [0.25, 0.3) is 55.3 Å². The highest BCUT2D eigenvalue weighted by molar-refractivity contribution is 6.10. The van der Waals surface area contributed by atoms with Crippen molar-refractivity contribution in [3.05, 3.63) is 121 Å². The Bertz CT molecular complexity index is 1980. The number of nitrogens with zero attached hydrogens (tertiary/aromatic N) is 3. The van der Waals surface area contributed by atoms with Crippen LogP contribution >= 0.6 is 0 Å². The summed E-state index contributed by atoms with van der Waals surface area (Å²) >= 11 is 0. The second-order valence-corrected chi connectivity index (χ2v) is 9.37. The van der Waals surface area contributed by atoms with E-state index in [0.717, 1.165) is 39.1 Å². The first-order valence-corrected chi connectivity index (χ1v) is 12.3. The standard InChI is InChI=1S/C32H21N3O2/c36-32-31-33-25-11-5-7-13-28(25)35(31)29-17-15-21(19-30(29)37-32)20-14-16-27-24(18-20)23-10-4-6-12-26(23)34(27)22-8-2-1-3-9-22/h1-19,32,36H. The largest absolute Gasteiger partial charge is 0.455 e.